The van der Waals surface area contributed by atoms with Gasteiger partial charge in [-0.25, -0.2) is 0 Å². The van der Waals surface area contributed by atoms with E-state index in [1.807, 2.05) is 0 Å². The Kier molecular flexibility index (Phi) is 4.86. The fourth-order valence-electron chi connectivity index (χ4n) is 2.41. The van der Waals surface area contributed by atoms with Gasteiger partial charge in [-0.1, -0.05) is 69.3 Å². The summed E-state index contributed by atoms with van der Waals surface area (Å²) in [5.41, 5.74) is 10.5. The quantitative estimate of drug-likeness (QED) is 0.595. The Morgan fingerprint density at radius 3 is 2.32 bits per heavy atom. The third kappa shape index (κ3) is 4.35. The zero-order valence-corrected chi connectivity index (χ0v) is 13.6. The third-order valence-electron chi connectivity index (χ3n) is 3.74. The van der Waals surface area contributed by atoms with Crippen molar-refractivity contribution in [2.75, 3.05) is 6.54 Å². The Morgan fingerprint density at radius 1 is 1.05 bits per heavy atom. The maximum absolute atomic E-state index is 7.17. The van der Waals surface area contributed by atoms with Gasteiger partial charge in [-0.15, -0.1) is 0 Å². The van der Waals surface area contributed by atoms with E-state index in [-0.39, 0.29) is 11.4 Å². The normalized spacial score (nSPS) is 11.2. The lowest BCUT2D eigenvalue weighted by Gasteiger charge is -2.19. The lowest BCUT2D eigenvalue weighted by atomic mass is 9.86. The van der Waals surface area contributed by atoms with Crippen molar-refractivity contribution in [3.05, 3.63) is 59.7 Å². The first-order valence-electron chi connectivity index (χ1n) is 7.64. The van der Waals surface area contributed by atoms with Gasteiger partial charge in [0.15, 0.2) is 5.96 Å². The molecule has 0 unspecified atom stereocenters. The van der Waals surface area contributed by atoms with E-state index in [4.69, 9.17) is 11.1 Å². The van der Waals surface area contributed by atoms with Crippen LogP contribution >= 0.6 is 0 Å². The Balaban J connectivity index is 2.13. The number of nitrogens with two attached hydrogens (primary N) is 1. The van der Waals surface area contributed by atoms with Crippen molar-refractivity contribution in [1.82, 2.24) is 5.32 Å². The Morgan fingerprint density at radius 2 is 1.73 bits per heavy atom. The molecule has 4 N–H and O–H groups in total. The van der Waals surface area contributed by atoms with E-state index in [2.05, 4.69) is 74.6 Å². The standard InChI is InChI=1S/C19H25N3/c1-19(2,3)17-9-7-15(8-10-17)16-6-4-5-14(13-16)11-12-22-18(20)21/h4-10,13H,11-12H2,1-3H3,(H4,20,21,22). The van der Waals surface area contributed by atoms with Gasteiger partial charge in [0, 0.05) is 6.54 Å². The van der Waals surface area contributed by atoms with E-state index in [0.717, 1.165) is 6.42 Å². The average Bonchev–Trinajstić information content (AvgIpc) is 2.46. The highest BCUT2D eigenvalue weighted by molar-refractivity contribution is 5.74. The van der Waals surface area contributed by atoms with Gasteiger partial charge in [0.05, 0.1) is 0 Å². The number of benzene rings is 2. The largest absolute Gasteiger partial charge is 0.370 e. The Hall–Kier alpha value is -2.29. The molecule has 0 saturated carbocycles. The number of hydrogen-bond donors (Lipinski definition) is 3. The second-order valence-electron chi connectivity index (χ2n) is 6.62. The van der Waals surface area contributed by atoms with Crippen LogP contribution in [0.15, 0.2) is 48.5 Å². The molecule has 0 atom stereocenters. The van der Waals surface area contributed by atoms with Gasteiger partial charge in [-0.3, -0.25) is 5.41 Å². The molecule has 0 aliphatic heterocycles. The number of hydrogen-bond acceptors (Lipinski definition) is 1. The molecule has 2 aromatic carbocycles. The summed E-state index contributed by atoms with van der Waals surface area (Å²) in [6.07, 6.45) is 0.855. The molecule has 0 saturated heterocycles. The van der Waals surface area contributed by atoms with Crippen LogP contribution in [0.3, 0.4) is 0 Å². The minimum absolute atomic E-state index is 0.0222. The van der Waals surface area contributed by atoms with Crippen LogP contribution in [0.1, 0.15) is 31.9 Å². The summed E-state index contributed by atoms with van der Waals surface area (Å²) in [5.74, 6) is 0.0222. The molecule has 2 aromatic rings. The van der Waals surface area contributed by atoms with Gasteiger partial charge in [-0.2, -0.15) is 0 Å². The molecule has 2 rings (SSSR count). The zero-order chi connectivity index (χ0) is 16.2. The average molecular weight is 295 g/mol. The Bertz CT molecular complexity index is 636. The van der Waals surface area contributed by atoms with Crippen molar-refractivity contribution in [1.29, 1.82) is 5.41 Å². The van der Waals surface area contributed by atoms with Crippen LogP contribution in [0.2, 0.25) is 0 Å². The summed E-state index contributed by atoms with van der Waals surface area (Å²) in [4.78, 5) is 0. The lowest BCUT2D eigenvalue weighted by molar-refractivity contribution is 0.590. The van der Waals surface area contributed by atoms with Crippen molar-refractivity contribution in [3.63, 3.8) is 0 Å². The molecule has 0 aromatic heterocycles. The predicted molar refractivity (Wildman–Crippen MR) is 94.2 cm³/mol. The van der Waals surface area contributed by atoms with Crippen LogP contribution in [-0.4, -0.2) is 12.5 Å². The van der Waals surface area contributed by atoms with Gasteiger partial charge < -0.3 is 11.1 Å². The fraction of sp³-hybridized carbons (Fsp3) is 0.316. The SMILES string of the molecule is CC(C)(C)c1ccc(-c2cccc(CCNC(=N)N)c2)cc1. The van der Waals surface area contributed by atoms with Crippen molar-refractivity contribution >= 4 is 5.96 Å². The summed E-state index contributed by atoms with van der Waals surface area (Å²) < 4.78 is 0. The lowest BCUT2D eigenvalue weighted by Crippen LogP contribution is -2.31. The number of rotatable bonds is 4. The van der Waals surface area contributed by atoms with Crippen LogP contribution < -0.4 is 11.1 Å². The highest BCUT2D eigenvalue weighted by Gasteiger charge is 2.13. The minimum atomic E-state index is 0.0222. The number of guanidine groups is 1. The van der Waals surface area contributed by atoms with Gasteiger partial charge >= 0.3 is 0 Å². The van der Waals surface area contributed by atoms with E-state index in [9.17, 15) is 0 Å². The molecular formula is C19H25N3. The van der Waals surface area contributed by atoms with E-state index >= 15 is 0 Å². The first kappa shape index (κ1) is 16.1. The molecule has 0 spiro atoms. The summed E-state index contributed by atoms with van der Waals surface area (Å²) in [6.45, 7) is 7.36. The van der Waals surface area contributed by atoms with Gasteiger partial charge in [0.25, 0.3) is 0 Å². The molecule has 3 nitrogen and oxygen atoms in total. The van der Waals surface area contributed by atoms with Crippen molar-refractivity contribution in [2.24, 2.45) is 5.73 Å². The summed E-state index contributed by atoms with van der Waals surface area (Å²) in [5, 5.41) is 10.0. The minimum Gasteiger partial charge on any atom is -0.370 e. The van der Waals surface area contributed by atoms with E-state index in [0.29, 0.717) is 6.54 Å². The summed E-state index contributed by atoms with van der Waals surface area (Å²) in [7, 11) is 0. The fourth-order valence-corrected chi connectivity index (χ4v) is 2.41. The van der Waals surface area contributed by atoms with Crippen molar-refractivity contribution < 1.29 is 0 Å². The molecule has 3 heteroatoms. The molecule has 0 bridgehead atoms. The molecule has 0 aliphatic carbocycles. The van der Waals surface area contributed by atoms with Crippen molar-refractivity contribution in [2.45, 2.75) is 32.6 Å². The monoisotopic (exact) mass is 295 g/mol. The third-order valence-corrected chi connectivity index (χ3v) is 3.74. The Labute approximate surface area is 133 Å². The first-order chi connectivity index (χ1) is 10.4. The second kappa shape index (κ2) is 6.65. The van der Waals surface area contributed by atoms with Crippen molar-refractivity contribution in [3.8, 4) is 11.1 Å². The van der Waals surface area contributed by atoms with Gasteiger partial charge in [-0.05, 0) is 34.1 Å². The second-order valence-corrected chi connectivity index (χ2v) is 6.62. The van der Waals surface area contributed by atoms with E-state index in [1.165, 1.54) is 22.3 Å². The van der Waals surface area contributed by atoms with Crippen LogP contribution in [0.4, 0.5) is 0 Å². The molecule has 0 amide bonds. The molecule has 0 radical (unpaired) electrons. The van der Waals surface area contributed by atoms with Crippen LogP contribution in [0.5, 0.6) is 0 Å². The summed E-state index contributed by atoms with van der Waals surface area (Å²) >= 11 is 0. The predicted octanol–water partition coefficient (Wildman–Crippen LogP) is 3.68. The van der Waals surface area contributed by atoms with Gasteiger partial charge in [0.1, 0.15) is 0 Å². The molecular weight excluding hydrogens is 270 g/mol. The van der Waals surface area contributed by atoms with Crippen LogP contribution in [0.25, 0.3) is 11.1 Å². The van der Waals surface area contributed by atoms with Crippen LogP contribution in [0, 0.1) is 5.41 Å². The molecule has 22 heavy (non-hydrogen) atoms. The van der Waals surface area contributed by atoms with Gasteiger partial charge in [0.2, 0.25) is 0 Å². The van der Waals surface area contributed by atoms with Crippen LogP contribution in [-0.2, 0) is 11.8 Å². The highest BCUT2D eigenvalue weighted by atomic mass is 15.0. The molecule has 0 heterocycles. The number of nitrogens with one attached hydrogen (secondary N) is 2. The highest BCUT2D eigenvalue weighted by Crippen LogP contribution is 2.26. The maximum Gasteiger partial charge on any atom is 0.185 e. The topological polar surface area (TPSA) is 61.9 Å². The molecule has 116 valence electrons. The maximum atomic E-state index is 7.17. The molecule has 0 fully saturated rings. The molecule has 0 aliphatic rings. The zero-order valence-electron chi connectivity index (χ0n) is 13.6. The smallest absolute Gasteiger partial charge is 0.185 e. The summed E-state index contributed by atoms with van der Waals surface area (Å²) in [6, 6.07) is 17.3. The van der Waals surface area contributed by atoms with E-state index in [1.54, 1.807) is 0 Å². The van der Waals surface area contributed by atoms with E-state index < -0.39 is 0 Å². The first-order valence-corrected chi connectivity index (χ1v) is 7.64.